The molecule has 60 valence electrons. The lowest BCUT2D eigenvalue weighted by atomic mass is 9.90. The lowest BCUT2D eigenvalue weighted by molar-refractivity contribution is 0.0834. The van der Waals surface area contributed by atoms with Crippen molar-refractivity contribution in [2.24, 2.45) is 0 Å². The maximum absolute atomic E-state index is 8.95. The quantitative estimate of drug-likeness (QED) is 0.629. The van der Waals surface area contributed by atoms with Gasteiger partial charge in [0.25, 0.3) is 0 Å². The largest absolute Gasteiger partial charge is 0.393 e. The number of anilines is 1. The fraction of sp³-hybridized carbons (Fsp3) is 0.667. The molecule has 1 heterocycles. The zero-order valence-corrected chi connectivity index (χ0v) is 5.90. The molecular weight excluding hydrogens is 146 g/mol. The summed E-state index contributed by atoms with van der Waals surface area (Å²) in [6.07, 6.45) is 2.94. The molecule has 0 amide bonds. The van der Waals surface area contributed by atoms with E-state index in [1.807, 2.05) is 0 Å². The molecule has 0 aliphatic heterocycles. The molecule has 1 aromatic rings. The second kappa shape index (κ2) is 2.50. The number of hydrogen-bond acceptors (Lipinski definition) is 5. The van der Waals surface area contributed by atoms with Crippen molar-refractivity contribution in [3.8, 4) is 0 Å². The van der Waals surface area contributed by atoms with E-state index < -0.39 is 0 Å². The van der Waals surface area contributed by atoms with Crippen molar-refractivity contribution in [3.05, 3.63) is 6.20 Å². The van der Waals surface area contributed by atoms with Gasteiger partial charge in [0.2, 0.25) is 0 Å². The van der Waals surface area contributed by atoms with Crippen molar-refractivity contribution in [2.45, 2.75) is 25.0 Å². The van der Waals surface area contributed by atoms with E-state index in [1.54, 1.807) is 0 Å². The summed E-state index contributed by atoms with van der Waals surface area (Å²) in [7, 11) is 0. The summed E-state index contributed by atoms with van der Waals surface area (Å²) in [5.74, 6) is 0.641. The Labute approximate surface area is 63.4 Å². The summed E-state index contributed by atoms with van der Waals surface area (Å²) >= 11 is 0. The van der Waals surface area contributed by atoms with Crippen LogP contribution in [0.3, 0.4) is 0 Å². The minimum Gasteiger partial charge on any atom is -0.393 e. The van der Waals surface area contributed by atoms with Crippen LogP contribution in [0.1, 0.15) is 12.8 Å². The summed E-state index contributed by atoms with van der Waals surface area (Å²) in [5, 5.41) is 19.0. The van der Waals surface area contributed by atoms with Gasteiger partial charge in [-0.1, -0.05) is 5.16 Å². The summed E-state index contributed by atoms with van der Waals surface area (Å²) in [6, 6.07) is 0.330. The molecule has 1 saturated carbocycles. The smallest absolute Gasteiger partial charge is 0.191 e. The van der Waals surface area contributed by atoms with Crippen molar-refractivity contribution >= 4 is 5.82 Å². The van der Waals surface area contributed by atoms with Crippen LogP contribution in [0.15, 0.2) is 10.8 Å². The monoisotopic (exact) mass is 155 g/mol. The SMILES string of the molecule is OC1CC(Nc2cnon2)C1. The van der Waals surface area contributed by atoms with Gasteiger partial charge in [-0.3, -0.25) is 0 Å². The lowest BCUT2D eigenvalue weighted by Crippen LogP contribution is -2.39. The number of aliphatic hydroxyl groups is 1. The molecule has 5 heteroatoms. The highest BCUT2D eigenvalue weighted by atomic mass is 16.6. The molecular formula is C6H9N3O2. The third-order valence-corrected chi connectivity index (χ3v) is 1.83. The molecule has 5 nitrogen and oxygen atoms in total. The first kappa shape index (κ1) is 6.60. The van der Waals surface area contributed by atoms with Gasteiger partial charge >= 0.3 is 0 Å². The minimum absolute atomic E-state index is 0.146. The van der Waals surface area contributed by atoms with Crippen molar-refractivity contribution in [2.75, 3.05) is 5.32 Å². The molecule has 1 aliphatic carbocycles. The van der Waals surface area contributed by atoms with Gasteiger partial charge in [-0.15, -0.1) is 0 Å². The van der Waals surface area contributed by atoms with E-state index in [-0.39, 0.29) is 6.10 Å². The molecule has 2 rings (SSSR count). The number of hydrogen-bond donors (Lipinski definition) is 2. The van der Waals surface area contributed by atoms with Gasteiger partial charge in [0.1, 0.15) is 6.20 Å². The molecule has 0 spiro atoms. The molecule has 1 aromatic heterocycles. The van der Waals surface area contributed by atoms with Crippen molar-refractivity contribution in [3.63, 3.8) is 0 Å². The summed E-state index contributed by atoms with van der Waals surface area (Å²) in [6.45, 7) is 0. The van der Waals surface area contributed by atoms with Gasteiger partial charge in [0, 0.05) is 6.04 Å². The standard InChI is InChI=1S/C6H9N3O2/c10-5-1-4(2-5)8-6-3-7-11-9-6/h3-5,10H,1-2H2,(H,8,9). The zero-order chi connectivity index (χ0) is 7.68. The maximum Gasteiger partial charge on any atom is 0.191 e. The van der Waals surface area contributed by atoms with Crippen molar-refractivity contribution in [1.29, 1.82) is 0 Å². The topological polar surface area (TPSA) is 71.2 Å². The van der Waals surface area contributed by atoms with Gasteiger partial charge in [0.05, 0.1) is 6.10 Å². The Balaban J connectivity index is 1.84. The highest BCUT2D eigenvalue weighted by Gasteiger charge is 2.27. The van der Waals surface area contributed by atoms with E-state index in [9.17, 15) is 0 Å². The van der Waals surface area contributed by atoms with Crippen molar-refractivity contribution < 1.29 is 9.74 Å². The Morgan fingerprint density at radius 3 is 3.00 bits per heavy atom. The first-order valence-corrected chi connectivity index (χ1v) is 3.57. The van der Waals surface area contributed by atoms with Gasteiger partial charge in [-0.2, -0.15) is 0 Å². The van der Waals surface area contributed by atoms with Crippen LogP contribution in [0.5, 0.6) is 0 Å². The van der Waals surface area contributed by atoms with E-state index >= 15 is 0 Å². The minimum atomic E-state index is -0.146. The molecule has 0 radical (unpaired) electrons. The van der Waals surface area contributed by atoms with Crippen molar-refractivity contribution in [1.82, 2.24) is 10.3 Å². The molecule has 11 heavy (non-hydrogen) atoms. The van der Waals surface area contributed by atoms with Crippen LogP contribution in [0.4, 0.5) is 5.82 Å². The maximum atomic E-state index is 8.95. The molecule has 1 fully saturated rings. The van der Waals surface area contributed by atoms with Crippen LogP contribution in [0, 0.1) is 0 Å². The van der Waals surface area contributed by atoms with E-state index in [0.29, 0.717) is 11.9 Å². The van der Waals surface area contributed by atoms with Gasteiger partial charge in [0.15, 0.2) is 5.82 Å². The fourth-order valence-corrected chi connectivity index (χ4v) is 1.14. The molecule has 0 bridgehead atoms. The van der Waals surface area contributed by atoms with E-state index in [0.717, 1.165) is 12.8 Å². The Bertz CT molecular complexity index is 218. The normalized spacial score (nSPS) is 29.5. The average Bonchev–Trinajstić information content (AvgIpc) is 2.36. The predicted molar refractivity (Wildman–Crippen MR) is 36.9 cm³/mol. The second-order valence-corrected chi connectivity index (χ2v) is 2.76. The van der Waals surface area contributed by atoms with Gasteiger partial charge in [-0.05, 0) is 18.0 Å². The summed E-state index contributed by atoms with van der Waals surface area (Å²) in [4.78, 5) is 0. The zero-order valence-electron chi connectivity index (χ0n) is 5.90. The Kier molecular flexibility index (Phi) is 1.50. The number of rotatable bonds is 2. The van der Waals surface area contributed by atoms with Gasteiger partial charge in [-0.25, -0.2) is 4.63 Å². The Morgan fingerprint density at radius 1 is 1.64 bits per heavy atom. The first-order chi connectivity index (χ1) is 5.34. The molecule has 0 atom stereocenters. The lowest BCUT2D eigenvalue weighted by Gasteiger charge is -2.31. The molecule has 0 unspecified atom stereocenters. The van der Waals surface area contributed by atoms with Crippen LogP contribution in [-0.4, -0.2) is 27.6 Å². The van der Waals surface area contributed by atoms with Gasteiger partial charge < -0.3 is 10.4 Å². The highest BCUT2D eigenvalue weighted by molar-refractivity contribution is 5.30. The number of nitrogens with one attached hydrogen (secondary N) is 1. The summed E-state index contributed by atoms with van der Waals surface area (Å²) < 4.78 is 4.39. The number of aromatic nitrogens is 2. The van der Waals surface area contributed by atoms with Crippen LogP contribution >= 0.6 is 0 Å². The third kappa shape index (κ3) is 1.32. The van der Waals surface area contributed by atoms with Crippen LogP contribution in [-0.2, 0) is 0 Å². The predicted octanol–water partition coefficient (Wildman–Crippen LogP) is 0.00480. The van der Waals surface area contributed by atoms with E-state index in [2.05, 4.69) is 20.3 Å². The molecule has 1 aliphatic rings. The highest BCUT2D eigenvalue weighted by Crippen LogP contribution is 2.22. The number of aliphatic hydroxyl groups excluding tert-OH is 1. The average molecular weight is 155 g/mol. The first-order valence-electron chi connectivity index (χ1n) is 3.57. The fourth-order valence-electron chi connectivity index (χ4n) is 1.14. The third-order valence-electron chi connectivity index (χ3n) is 1.83. The Hall–Kier alpha value is -1.10. The Morgan fingerprint density at radius 2 is 2.45 bits per heavy atom. The second-order valence-electron chi connectivity index (χ2n) is 2.76. The molecule has 0 saturated heterocycles. The molecule has 2 N–H and O–H groups in total. The van der Waals surface area contributed by atoms with Crippen LogP contribution < -0.4 is 5.32 Å². The van der Waals surface area contributed by atoms with E-state index in [1.165, 1.54) is 6.20 Å². The van der Waals surface area contributed by atoms with Crippen LogP contribution in [0.25, 0.3) is 0 Å². The van der Waals surface area contributed by atoms with Crippen LogP contribution in [0.2, 0.25) is 0 Å². The summed E-state index contributed by atoms with van der Waals surface area (Å²) in [5.41, 5.74) is 0. The number of nitrogens with zero attached hydrogens (tertiary/aromatic N) is 2. The molecule has 0 aromatic carbocycles. The van der Waals surface area contributed by atoms with E-state index in [4.69, 9.17) is 5.11 Å².